The zero-order valence-electron chi connectivity index (χ0n) is 22.1. The lowest BCUT2D eigenvalue weighted by atomic mass is 9.98. The van der Waals surface area contributed by atoms with Gasteiger partial charge in [0.15, 0.2) is 0 Å². The Labute approximate surface area is 211 Å². The van der Waals surface area contributed by atoms with E-state index in [1.807, 2.05) is 0 Å². The van der Waals surface area contributed by atoms with Crippen LogP contribution in [0.1, 0.15) is 136 Å². The van der Waals surface area contributed by atoms with E-state index in [2.05, 4.69) is 16.4 Å². The first-order chi connectivity index (χ1) is 17.0. The summed E-state index contributed by atoms with van der Waals surface area (Å²) in [7, 11) is 2.32. The Bertz CT molecular complexity index is 740. The summed E-state index contributed by atoms with van der Waals surface area (Å²) in [6, 6.07) is 2.92. The fourth-order valence-corrected chi connectivity index (χ4v) is 4.44. The summed E-state index contributed by atoms with van der Waals surface area (Å²) < 4.78 is 9.38. The molecule has 0 saturated carbocycles. The normalized spacial score (nSPS) is 10.8. The third-order valence-corrected chi connectivity index (χ3v) is 6.48. The number of aryl methyl sites for hydroxylation is 1. The summed E-state index contributed by atoms with van der Waals surface area (Å²) in [6.45, 7) is 2.26. The molecule has 0 saturated heterocycles. The number of hydrogen-bond acceptors (Lipinski definition) is 6. The smallest absolute Gasteiger partial charge is 0.344 e. The lowest BCUT2D eigenvalue weighted by molar-refractivity contribution is -0.385. The van der Waals surface area contributed by atoms with Crippen molar-refractivity contribution in [2.75, 3.05) is 14.2 Å². The number of ether oxygens (including phenoxy) is 2. The van der Waals surface area contributed by atoms with Crippen LogP contribution in [0.25, 0.3) is 0 Å². The zero-order chi connectivity index (χ0) is 25.9. The van der Waals surface area contributed by atoms with Crippen LogP contribution in [0.2, 0.25) is 0 Å². The fraction of sp³-hybridized carbons (Fsp3) is 0.714. The Morgan fingerprint density at radius 1 is 0.686 bits per heavy atom. The van der Waals surface area contributed by atoms with Gasteiger partial charge in [-0.1, -0.05) is 103 Å². The van der Waals surface area contributed by atoms with Gasteiger partial charge in [-0.15, -0.1) is 0 Å². The number of benzene rings is 1. The standard InChI is InChI=1S/C28H45NO6/c1-4-5-6-7-8-9-10-11-12-13-14-15-16-17-18-19-20-23-21-24(27(30)34-2)26(29(32)33)25(22-23)28(31)35-3/h21-22H,4-20H2,1-3H3. The second kappa shape index (κ2) is 18.8. The molecule has 0 aliphatic rings. The van der Waals surface area contributed by atoms with Gasteiger partial charge in [0.05, 0.1) is 19.1 Å². The molecule has 0 aliphatic carbocycles. The summed E-state index contributed by atoms with van der Waals surface area (Å²) in [4.78, 5) is 35.0. The van der Waals surface area contributed by atoms with Gasteiger partial charge >= 0.3 is 11.9 Å². The Morgan fingerprint density at radius 3 is 1.34 bits per heavy atom. The first kappa shape index (κ1) is 30.6. The lowest BCUT2D eigenvalue weighted by Gasteiger charge is -2.10. The van der Waals surface area contributed by atoms with E-state index < -0.39 is 22.5 Å². The van der Waals surface area contributed by atoms with Crippen LogP contribution in [0, 0.1) is 10.1 Å². The average Bonchev–Trinajstić information content (AvgIpc) is 2.86. The molecule has 0 heterocycles. The van der Waals surface area contributed by atoms with Crippen molar-refractivity contribution < 1.29 is 24.0 Å². The Kier molecular flexibility index (Phi) is 16.5. The number of nitro benzene ring substituents is 1. The molecule has 1 aromatic rings. The molecule has 7 nitrogen and oxygen atoms in total. The summed E-state index contributed by atoms with van der Waals surface area (Å²) >= 11 is 0. The van der Waals surface area contributed by atoms with Crippen molar-refractivity contribution in [1.29, 1.82) is 0 Å². The molecule has 0 aromatic heterocycles. The Balaban J connectivity index is 2.30. The molecule has 0 unspecified atom stereocenters. The molecule has 0 spiro atoms. The Hall–Kier alpha value is -2.44. The fourth-order valence-electron chi connectivity index (χ4n) is 4.44. The molecule has 0 radical (unpaired) electrons. The first-order valence-electron chi connectivity index (χ1n) is 13.4. The molecular weight excluding hydrogens is 446 g/mol. The number of methoxy groups -OCH3 is 2. The van der Waals surface area contributed by atoms with Crippen LogP contribution in [0.15, 0.2) is 12.1 Å². The number of unbranched alkanes of at least 4 members (excludes halogenated alkanes) is 15. The monoisotopic (exact) mass is 491 g/mol. The molecule has 0 bridgehead atoms. The zero-order valence-corrected chi connectivity index (χ0v) is 22.1. The van der Waals surface area contributed by atoms with E-state index in [4.69, 9.17) is 0 Å². The highest BCUT2D eigenvalue weighted by molar-refractivity contribution is 6.02. The second-order valence-corrected chi connectivity index (χ2v) is 9.33. The minimum absolute atomic E-state index is 0.216. The predicted octanol–water partition coefficient (Wildman–Crippen LogP) is 7.97. The van der Waals surface area contributed by atoms with E-state index in [9.17, 15) is 19.7 Å². The van der Waals surface area contributed by atoms with Crippen molar-refractivity contribution in [2.45, 2.75) is 116 Å². The van der Waals surface area contributed by atoms with E-state index in [1.165, 1.54) is 95.6 Å². The number of hydrogen-bond donors (Lipinski definition) is 0. The predicted molar refractivity (Wildman–Crippen MR) is 139 cm³/mol. The van der Waals surface area contributed by atoms with Crippen LogP contribution in [-0.4, -0.2) is 31.1 Å². The minimum atomic E-state index is -0.837. The third kappa shape index (κ3) is 12.2. The van der Waals surface area contributed by atoms with Crippen molar-refractivity contribution in [1.82, 2.24) is 0 Å². The Morgan fingerprint density at radius 2 is 1.03 bits per heavy atom. The highest BCUT2D eigenvalue weighted by atomic mass is 16.6. The SMILES string of the molecule is CCCCCCCCCCCCCCCCCCc1cc(C(=O)OC)c([N+](=O)[O-])c(C(=O)OC)c1. The van der Waals surface area contributed by atoms with Crippen molar-refractivity contribution in [3.05, 3.63) is 38.9 Å². The van der Waals surface area contributed by atoms with Crippen molar-refractivity contribution in [3.63, 3.8) is 0 Å². The highest BCUT2D eigenvalue weighted by Crippen LogP contribution is 2.28. The number of nitrogens with zero attached hydrogens (tertiary/aromatic N) is 1. The van der Waals surface area contributed by atoms with Crippen molar-refractivity contribution in [3.8, 4) is 0 Å². The van der Waals surface area contributed by atoms with E-state index in [0.29, 0.717) is 12.0 Å². The van der Waals surface area contributed by atoms with Crippen molar-refractivity contribution >= 4 is 17.6 Å². The number of esters is 2. The molecule has 0 fully saturated rings. The van der Waals surface area contributed by atoms with Crippen LogP contribution < -0.4 is 0 Å². The molecule has 0 atom stereocenters. The van der Waals surface area contributed by atoms with Gasteiger partial charge in [0, 0.05) is 0 Å². The van der Waals surface area contributed by atoms with Crippen molar-refractivity contribution in [2.24, 2.45) is 0 Å². The molecule has 198 valence electrons. The molecule has 1 rings (SSSR count). The molecule has 7 heteroatoms. The summed E-state index contributed by atoms with van der Waals surface area (Å²) in [5.74, 6) is -1.67. The maximum Gasteiger partial charge on any atom is 0.344 e. The van der Waals surface area contributed by atoms with E-state index in [1.54, 1.807) is 0 Å². The van der Waals surface area contributed by atoms with Crippen LogP contribution in [-0.2, 0) is 15.9 Å². The number of carbonyl (C=O) groups excluding carboxylic acids is 2. The quantitative estimate of drug-likeness (QED) is 0.0794. The lowest BCUT2D eigenvalue weighted by Crippen LogP contribution is -2.13. The van der Waals surface area contributed by atoms with Crippen LogP contribution in [0.3, 0.4) is 0 Å². The third-order valence-electron chi connectivity index (χ3n) is 6.48. The van der Waals surface area contributed by atoms with Crippen LogP contribution in [0.5, 0.6) is 0 Å². The first-order valence-corrected chi connectivity index (χ1v) is 13.4. The van der Waals surface area contributed by atoms with Gasteiger partial charge in [0.2, 0.25) is 0 Å². The molecule has 0 N–H and O–H groups in total. The number of carbonyl (C=O) groups is 2. The van der Waals surface area contributed by atoms with Gasteiger partial charge in [0.25, 0.3) is 5.69 Å². The van der Waals surface area contributed by atoms with Crippen LogP contribution >= 0.6 is 0 Å². The molecule has 35 heavy (non-hydrogen) atoms. The topological polar surface area (TPSA) is 95.7 Å². The van der Waals surface area contributed by atoms with Gasteiger partial charge in [-0.05, 0) is 30.5 Å². The molecule has 0 aliphatic heterocycles. The van der Waals surface area contributed by atoms with E-state index in [-0.39, 0.29) is 11.1 Å². The maximum atomic E-state index is 12.1. The molecular formula is C28H45NO6. The number of nitro groups is 1. The molecule has 1 aromatic carbocycles. The largest absolute Gasteiger partial charge is 0.465 e. The van der Waals surface area contributed by atoms with Gasteiger partial charge in [0.1, 0.15) is 11.1 Å². The number of rotatable bonds is 20. The highest BCUT2D eigenvalue weighted by Gasteiger charge is 2.30. The second-order valence-electron chi connectivity index (χ2n) is 9.33. The maximum absolute atomic E-state index is 12.1. The van der Waals surface area contributed by atoms with E-state index >= 15 is 0 Å². The van der Waals surface area contributed by atoms with Crippen LogP contribution in [0.4, 0.5) is 5.69 Å². The van der Waals surface area contributed by atoms with Gasteiger partial charge in [-0.3, -0.25) is 10.1 Å². The minimum Gasteiger partial charge on any atom is -0.465 e. The molecule has 0 amide bonds. The van der Waals surface area contributed by atoms with Gasteiger partial charge < -0.3 is 9.47 Å². The average molecular weight is 492 g/mol. The summed E-state index contributed by atoms with van der Waals surface area (Å²) in [6.07, 6.45) is 21.1. The van der Waals surface area contributed by atoms with Gasteiger partial charge in [-0.25, -0.2) is 9.59 Å². The van der Waals surface area contributed by atoms with Gasteiger partial charge in [-0.2, -0.15) is 0 Å². The van der Waals surface area contributed by atoms with E-state index in [0.717, 1.165) is 33.5 Å². The summed E-state index contributed by atoms with van der Waals surface area (Å²) in [5.41, 5.74) is -0.306. The summed E-state index contributed by atoms with van der Waals surface area (Å²) in [5, 5.41) is 11.5.